The summed E-state index contributed by atoms with van der Waals surface area (Å²) in [5.74, 6) is 0.819. The van der Waals surface area contributed by atoms with Gasteiger partial charge < -0.3 is 10.1 Å². The smallest absolute Gasteiger partial charge is 0.142 e. The first-order chi connectivity index (χ1) is 8.60. The normalized spacial score (nSPS) is 10.4. The number of nitrogens with one attached hydrogen (secondary N) is 1. The third kappa shape index (κ3) is 3.41. The Morgan fingerprint density at radius 3 is 2.72 bits per heavy atom. The molecule has 6 heteroatoms. The van der Waals surface area contributed by atoms with Crippen LogP contribution in [0.15, 0.2) is 33.2 Å². The average Bonchev–Trinajstić information content (AvgIpc) is 2.66. The Morgan fingerprint density at radius 2 is 2.11 bits per heavy atom. The van der Waals surface area contributed by atoms with Crippen molar-refractivity contribution < 1.29 is 4.74 Å². The van der Waals surface area contributed by atoms with E-state index < -0.39 is 0 Å². The zero-order chi connectivity index (χ0) is 13.1. The maximum absolute atomic E-state index is 6.01. The zero-order valence-corrected chi connectivity index (χ0v) is 14.2. The molecule has 18 heavy (non-hydrogen) atoms. The number of thiophene rings is 1. The molecule has 0 atom stereocenters. The summed E-state index contributed by atoms with van der Waals surface area (Å²) < 4.78 is 8.02. The molecule has 2 aromatic rings. The molecule has 0 radical (unpaired) electrons. The van der Waals surface area contributed by atoms with Crippen molar-refractivity contribution >= 4 is 60.5 Å². The van der Waals surface area contributed by atoms with Crippen LogP contribution in [0.25, 0.3) is 0 Å². The molecule has 2 rings (SSSR count). The lowest BCUT2D eigenvalue weighted by atomic mass is 10.3. The van der Waals surface area contributed by atoms with E-state index in [-0.39, 0.29) is 0 Å². The molecule has 2 nitrogen and oxygen atoms in total. The van der Waals surface area contributed by atoms with Gasteiger partial charge in [0, 0.05) is 20.4 Å². The number of methoxy groups -OCH3 is 1. The van der Waals surface area contributed by atoms with Crippen molar-refractivity contribution in [2.45, 2.75) is 6.54 Å². The lowest BCUT2D eigenvalue weighted by Crippen LogP contribution is -1.99. The molecule has 0 saturated carbocycles. The predicted molar refractivity (Wildman–Crippen MR) is 85.0 cm³/mol. The van der Waals surface area contributed by atoms with E-state index in [1.807, 2.05) is 24.3 Å². The first kappa shape index (κ1) is 14.2. The van der Waals surface area contributed by atoms with Crippen LogP contribution in [0, 0.1) is 0 Å². The van der Waals surface area contributed by atoms with Crippen molar-refractivity contribution in [3.05, 3.63) is 42.4 Å². The predicted octanol–water partition coefficient (Wildman–Crippen LogP) is 5.55. The Labute approximate surface area is 132 Å². The fraction of sp³-hybridized carbons (Fsp3) is 0.167. The standard InChI is InChI=1S/C12H10Br2ClNOS/c1-17-11-3-2-7(13)4-10(11)16-6-8-5-9(14)12(15)18-8/h2-5,16H,6H2,1H3. The maximum atomic E-state index is 6.01. The monoisotopic (exact) mass is 409 g/mol. The molecule has 1 N–H and O–H groups in total. The highest BCUT2D eigenvalue weighted by Gasteiger charge is 2.07. The summed E-state index contributed by atoms with van der Waals surface area (Å²) >= 11 is 14.4. The summed E-state index contributed by atoms with van der Waals surface area (Å²) in [6.07, 6.45) is 0. The minimum Gasteiger partial charge on any atom is -0.495 e. The summed E-state index contributed by atoms with van der Waals surface area (Å²) in [5, 5.41) is 3.34. The Hall–Kier alpha value is -0.230. The minimum atomic E-state index is 0.711. The molecule has 0 aliphatic rings. The van der Waals surface area contributed by atoms with Crippen LogP contribution in [0.2, 0.25) is 4.34 Å². The van der Waals surface area contributed by atoms with Crippen LogP contribution in [0.5, 0.6) is 5.75 Å². The van der Waals surface area contributed by atoms with Crippen molar-refractivity contribution in [1.29, 1.82) is 0 Å². The average molecular weight is 412 g/mol. The quantitative estimate of drug-likeness (QED) is 0.712. The van der Waals surface area contributed by atoms with Gasteiger partial charge in [-0.1, -0.05) is 27.5 Å². The van der Waals surface area contributed by atoms with Gasteiger partial charge in [-0.3, -0.25) is 0 Å². The second-order valence-electron chi connectivity index (χ2n) is 3.53. The zero-order valence-electron chi connectivity index (χ0n) is 9.47. The highest BCUT2D eigenvalue weighted by Crippen LogP contribution is 2.33. The molecule has 96 valence electrons. The molecule has 0 spiro atoms. The van der Waals surface area contributed by atoms with Gasteiger partial charge in [0.25, 0.3) is 0 Å². The highest BCUT2D eigenvalue weighted by molar-refractivity contribution is 9.10. The number of hydrogen-bond donors (Lipinski definition) is 1. The highest BCUT2D eigenvalue weighted by atomic mass is 79.9. The topological polar surface area (TPSA) is 21.3 Å². The Bertz CT molecular complexity index is 540. The first-order valence-electron chi connectivity index (χ1n) is 5.11. The van der Waals surface area contributed by atoms with Crippen molar-refractivity contribution in [3.8, 4) is 5.75 Å². The Balaban J connectivity index is 2.12. The van der Waals surface area contributed by atoms with Crippen LogP contribution < -0.4 is 10.1 Å². The Kier molecular flexibility index (Phi) is 4.95. The summed E-state index contributed by atoms with van der Waals surface area (Å²) in [7, 11) is 1.66. The first-order valence-corrected chi connectivity index (χ1v) is 7.89. The van der Waals surface area contributed by atoms with Crippen molar-refractivity contribution in [1.82, 2.24) is 0 Å². The van der Waals surface area contributed by atoms with Gasteiger partial charge in [-0.05, 0) is 40.2 Å². The number of benzene rings is 1. The van der Waals surface area contributed by atoms with Gasteiger partial charge in [-0.25, -0.2) is 0 Å². The fourth-order valence-corrected chi connectivity index (χ4v) is 3.57. The molecular weight excluding hydrogens is 401 g/mol. The summed E-state index contributed by atoms with van der Waals surface area (Å²) in [5.41, 5.74) is 0.951. The van der Waals surface area contributed by atoms with Gasteiger partial charge >= 0.3 is 0 Å². The fourth-order valence-electron chi connectivity index (χ4n) is 1.48. The Morgan fingerprint density at radius 1 is 1.33 bits per heavy atom. The summed E-state index contributed by atoms with van der Waals surface area (Å²) in [6.45, 7) is 0.711. The molecule has 0 saturated heterocycles. The van der Waals surface area contributed by atoms with Crippen LogP contribution in [0.3, 0.4) is 0 Å². The number of ether oxygens (including phenoxy) is 1. The van der Waals surface area contributed by atoms with Crippen molar-refractivity contribution in [3.63, 3.8) is 0 Å². The van der Waals surface area contributed by atoms with E-state index in [9.17, 15) is 0 Å². The van der Waals surface area contributed by atoms with Crippen LogP contribution in [0.1, 0.15) is 4.88 Å². The summed E-state index contributed by atoms with van der Waals surface area (Å²) in [4.78, 5) is 1.16. The third-order valence-electron chi connectivity index (χ3n) is 2.31. The number of anilines is 1. The van der Waals surface area contributed by atoms with Crippen LogP contribution in [-0.4, -0.2) is 7.11 Å². The molecular formula is C12H10Br2ClNOS. The number of rotatable bonds is 4. The largest absolute Gasteiger partial charge is 0.495 e. The van der Waals surface area contributed by atoms with Gasteiger partial charge in [0.2, 0.25) is 0 Å². The van der Waals surface area contributed by atoms with Gasteiger partial charge in [0.05, 0.1) is 12.8 Å². The van der Waals surface area contributed by atoms with Gasteiger partial charge in [0.15, 0.2) is 0 Å². The van der Waals surface area contributed by atoms with Crippen LogP contribution in [0.4, 0.5) is 5.69 Å². The van der Waals surface area contributed by atoms with E-state index in [1.54, 1.807) is 18.4 Å². The van der Waals surface area contributed by atoms with E-state index in [4.69, 9.17) is 16.3 Å². The molecule has 0 fully saturated rings. The van der Waals surface area contributed by atoms with Gasteiger partial charge in [-0.15, -0.1) is 11.3 Å². The van der Waals surface area contributed by atoms with E-state index >= 15 is 0 Å². The molecule has 1 heterocycles. The molecule has 0 bridgehead atoms. The maximum Gasteiger partial charge on any atom is 0.142 e. The lowest BCUT2D eigenvalue weighted by molar-refractivity contribution is 0.416. The minimum absolute atomic E-state index is 0.711. The van der Waals surface area contributed by atoms with E-state index in [0.717, 1.165) is 29.6 Å². The molecule has 1 aromatic heterocycles. The van der Waals surface area contributed by atoms with Crippen molar-refractivity contribution in [2.24, 2.45) is 0 Å². The number of halogens is 3. The number of hydrogen-bond acceptors (Lipinski definition) is 3. The summed E-state index contributed by atoms with van der Waals surface area (Å²) in [6, 6.07) is 7.87. The van der Waals surface area contributed by atoms with Gasteiger partial charge in [-0.2, -0.15) is 0 Å². The second-order valence-corrected chi connectivity index (χ2v) is 7.04. The molecule has 0 amide bonds. The van der Waals surface area contributed by atoms with Crippen LogP contribution in [-0.2, 0) is 6.54 Å². The van der Waals surface area contributed by atoms with E-state index in [0.29, 0.717) is 6.54 Å². The van der Waals surface area contributed by atoms with Crippen LogP contribution >= 0.6 is 54.8 Å². The van der Waals surface area contributed by atoms with E-state index in [1.165, 1.54) is 0 Å². The SMILES string of the molecule is COc1ccc(Br)cc1NCc1cc(Br)c(Cl)s1. The molecule has 0 aliphatic carbocycles. The molecule has 1 aromatic carbocycles. The third-order valence-corrected chi connectivity index (χ3v) is 5.28. The van der Waals surface area contributed by atoms with E-state index in [2.05, 4.69) is 37.2 Å². The second kappa shape index (κ2) is 6.28. The lowest BCUT2D eigenvalue weighted by Gasteiger charge is -2.10. The van der Waals surface area contributed by atoms with Crippen molar-refractivity contribution in [2.75, 3.05) is 12.4 Å². The molecule has 0 aliphatic heterocycles. The molecule has 0 unspecified atom stereocenters. The van der Waals surface area contributed by atoms with Gasteiger partial charge in [0.1, 0.15) is 10.1 Å².